The number of rotatable bonds is 8. The normalized spacial score (nSPS) is 14.3. The van der Waals surface area contributed by atoms with Crippen LogP contribution >= 0.6 is 0 Å². The predicted molar refractivity (Wildman–Crippen MR) is 127 cm³/mol. The number of sulfone groups is 1. The summed E-state index contributed by atoms with van der Waals surface area (Å²) in [5.74, 6) is 2.10. The van der Waals surface area contributed by atoms with Crippen molar-refractivity contribution in [1.82, 2.24) is 9.97 Å². The van der Waals surface area contributed by atoms with E-state index < -0.39 is 9.84 Å². The first-order chi connectivity index (χ1) is 15.3. The van der Waals surface area contributed by atoms with Crippen LogP contribution in [0.3, 0.4) is 0 Å². The van der Waals surface area contributed by atoms with E-state index in [4.69, 9.17) is 4.74 Å². The van der Waals surface area contributed by atoms with Gasteiger partial charge in [0.25, 0.3) is 0 Å². The van der Waals surface area contributed by atoms with Crippen molar-refractivity contribution < 1.29 is 13.2 Å². The maximum atomic E-state index is 11.7. The highest BCUT2D eigenvalue weighted by Gasteiger charge is 2.29. The second-order valence-electron chi connectivity index (χ2n) is 8.50. The molecule has 1 aromatic heterocycles. The molecular formula is C25H29N3O3S. The Morgan fingerprint density at radius 3 is 2.34 bits per heavy atom. The summed E-state index contributed by atoms with van der Waals surface area (Å²) in [7, 11) is -3.19. The molecule has 0 spiro atoms. The number of hydrogen-bond acceptors (Lipinski definition) is 6. The van der Waals surface area contributed by atoms with Crippen molar-refractivity contribution in [2.45, 2.75) is 31.6 Å². The van der Waals surface area contributed by atoms with Gasteiger partial charge in [-0.25, -0.2) is 18.4 Å². The van der Waals surface area contributed by atoms with Crippen LogP contribution in [0.15, 0.2) is 59.8 Å². The summed E-state index contributed by atoms with van der Waals surface area (Å²) in [5.41, 5.74) is 4.32. The molecule has 0 amide bonds. The van der Waals surface area contributed by atoms with Gasteiger partial charge in [0, 0.05) is 37.7 Å². The van der Waals surface area contributed by atoms with E-state index in [-0.39, 0.29) is 0 Å². The molecule has 0 saturated carbocycles. The molecule has 1 aliphatic rings. The van der Waals surface area contributed by atoms with Gasteiger partial charge in [-0.3, -0.25) is 0 Å². The fourth-order valence-corrected chi connectivity index (χ4v) is 4.54. The molecule has 3 aromatic rings. The SMILES string of the molecule is CCCc1cnc(N2CC(COc3ccc(-c4ccc(S(C)(=O)=O)cc4)c(C)c3)C2)nc1. The van der Waals surface area contributed by atoms with Crippen molar-refractivity contribution in [2.75, 3.05) is 30.9 Å². The van der Waals surface area contributed by atoms with Gasteiger partial charge in [-0.1, -0.05) is 31.5 Å². The van der Waals surface area contributed by atoms with Crippen molar-refractivity contribution >= 4 is 15.8 Å². The van der Waals surface area contributed by atoms with Crippen molar-refractivity contribution in [2.24, 2.45) is 5.92 Å². The Hall–Kier alpha value is -2.93. The Morgan fingerprint density at radius 1 is 1.06 bits per heavy atom. The van der Waals surface area contributed by atoms with Gasteiger partial charge in [0.15, 0.2) is 9.84 Å². The van der Waals surface area contributed by atoms with E-state index in [1.807, 2.05) is 49.6 Å². The summed E-state index contributed by atoms with van der Waals surface area (Å²) in [5, 5.41) is 0. The lowest BCUT2D eigenvalue weighted by molar-refractivity contribution is 0.219. The van der Waals surface area contributed by atoms with Crippen molar-refractivity contribution in [1.29, 1.82) is 0 Å². The first-order valence-electron chi connectivity index (χ1n) is 10.9. The molecule has 0 bridgehead atoms. The van der Waals surface area contributed by atoms with E-state index in [2.05, 4.69) is 21.8 Å². The maximum absolute atomic E-state index is 11.7. The summed E-state index contributed by atoms with van der Waals surface area (Å²) in [4.78, 5) is 11.5. The van der Waals surface area contributed by atoms with Crippen LogP contribution in [0, 0.1) is 12.8 Å². The zero-order valence-electron chi connectivity index (χ0n) is 18.8. The highest BCUT2D eigenvalue weighted by molar-refractivity contribution is 7.90. The Morgan fingerprint density at radius 2 is 1.75 bits per heavy atom. The van der Waals surface area contributed by atoms with Crippen LogP contribution < -0.4 is 9.64 Å². The Bertz CT molecular complexity index is 1170. The molecule has 0 atom stereocenters. The minimum absolute atomic E-state index is 0.329. The first kappa shape index (κ1) is 22.3. The monoisotopic (exact) mass is 451 g/mol. The van der Waals surface area contributed by atoms with E-state index >= 15 is 0 Å². The van der Waals surface area contributed by atoms with Crippen LogP contribution in [0.25, 0.3) is 11.1 Å². The molecule has 7 heteroatoms. The molecule has 6 nitrogen and oxygen atoms in total. The van der Waals surface area contributed by atoms with Gasteiger partial charge in [0.2, 0.25) is 5.95 Å². The van der Waals surface area contributed by atoms with Gasteiger partial charge in [0.1, 0.15) is 5.75 Å². The highest BCUT2D eigenvalue weighted by atomic mass is 32.2. The van der Waals surface area contributed by atoms with Gasteiger partial charge >= 0.3 is 0 Å². The maximum Gasteiger partial charge on any atom is 0.225 e. The van der Waals surface area contributed by atoms with Crippen LogP contribution in [-0.4, -0.2) is 44.3 Å². The van der Waals surface area contributed by atoms with Gasteiger partial charge in [-0.05, 0) is 59.9 Å². The smallest absolute Gasteiger partial charge is 0.225 e. The number of hydrogen-bond donors (Lipinski definition) is 0. The second kappa shape index (κ2) is 9.28. The summed E-state index contributed by atoms with van der Waals surface area (Å²) < 4.78 is 29.4. The van der Waals surface area contributed by atoms with E-state index in [1.165, 1.54) is 11.8 Å². The zero-order valence-corrected chi connectivity index (χ0v) is 19.6. The van der Waals surface area contributed by atoms with Gasteiger partial charge in [-0.15, -0.1) is 0 Å². The van der Waals surface area contributed by atoms with Crippen molar-refractivity contribution in [3.8, 4) is 16.9 Å². The Kier molecular flexibility index (Phi) is 6.46. The van der Waals surface area contributed by atoms with Gasteiger partial charge in [0.05, 0.1) is 11.5 Å². The topological polar surface area (TPSA) is 72.4 Å². The third-order valence-electron chi connectivity index (χ3n) is 5.75. The van der Waals surface area contributed by atoms with E-state index in [1.54, 1.807) is 12.1 Å². The van der Waals surface area contributed by atoms with Crippen molar-refractivity contribution in [3.05, 3.63) is 66.0 Å². The summed E-state index contributed by atoms with van der Waals surface area (Å²) in [6.07, 6.45) is 7.18. The quantitative estimate of drug-likeness (QED) is 0.508. The van der Waals surface area contributed by atoms with Crippen LogP contribution in [-0.2, 0) is 16.3 Å². The zero-order chi connectivity index (χ0) is 22.7. The standard InChI is InChI=1S/C25H29N3O3S/c1-4-5-19-13-26-25(27-14-19)28-15-20(16-28)17-31-22-8-11-24(18(2)12-22)21-6-9-23(10-7-21)32(3,29)30/h6-14,20H,4-5,15-17H2,1-3H3. The highest BCUT2D eigenvalue weighted by Crippen LogP contribution is 2.29. The molecule has 1 aliphatic heterocycles. The van der Waals surface area contributed by atoms with E-state index in [9.17, 15) is 8.42 Å². The van der Waals surface area contributed by atoms with Gasteiger partial charge < -0.3 is 9.64 Å². The lowest BCUT2D eigenvalue weighted by Crippen LogP contribution is -2.50. The molecule has 32 heavy (non-hydrogen) atoms. The predicted octanol–water partition coefficient (Wildman–Crippen LogP) is 4.32. The van der Waals surface area contributed by atoms with Gasteiger partial charge in [-0.2, -0.15) is 0 Å². The molecule has 0 aliphatic carbocycles. The molecule has 2 aromatic carbocycles. The summed E-state index contributed by atoms with van der Waals surface area (Å²) in [6, 6.07) is 13.0. The minimum atomic E-state index is -3.19. The largest absolute Gasteiger partial charge is 0.493 e. The third kappa shape index (κ3) is 5.10. The second-order valence-corrected chi connectivity index (χ2v) is 10.5. The van der Waals surface area contributed by atoms with Crippen molar-refractivity contribution in [3.63, 3.8) is 0 Å². The lowest BCUT2D eigenvalue weighted by atomic mass is 10.00. The van der Waals surface area contributed by atoms with Crippen LogP contribution in [0.4, 0.5) is 5.95 Å². The Labute approximate surface area is 190 Å². The Balaban J connectivity index is 1.31. The molecule has 0 unspecified atom stereocenters. The fourth-order valence-electron chi connectivity index (χ4n) is 3.91. The average molecular weight is 452 g/mol. The van der Waals surface area contributed by atoms with Crippen LogP contribution in [0.1, 0.15) is 24.5 Å². The summed E-state index contributed by atoms with van der Waals surface area (Å²) >= 11 is 0. The molecule has 0 N–H and O–H groups in total. The number of ether oxygens (including phenoxy) is 1. The molecule has 2 heterocycles. The number of benzene rings is 2. The number of nitrogens with zero attached hydrogens (tertiary/aromatic N) is 3. The lowest BCUT2D eigenvalue weighted by Gasteiger charge is -2.38. The average Bonchev–Trinajstić information content (AvgIpc) is 2.73. The number of aromatic nitrogens is 2. The molecule has 1 fully saturated rings. The number of aryl methyl sites for hydroxylation is 2. The van der Waals surface area contributed by atoms with E-state index in [0.717, 1.165) is 54.3 Å². The molecule has 1 saturated heterocycles. The number of anilines is 1. The van der Waals surface area contributed by atoms with E-state index in [0.29, 0.717) is 17.4 Å². The van der Waals surface area contributed by atoms with Crippen LogP contribution in [0.2, 0.25) is 0 Å². The summed E-state index contributed by atoms with van der Waals surface area (Å²) in [6.45, 7) is 6.65. The molecule has 4 rings (SSSR count). The fraction of sp³-hybridized carbons (Fsp3) is 0.360. The van der Waals surface area contributed by atoms with Crippen LogP contribution in [0.5, 0.6) is 5.75 Å². The minimum Gasteiger partial charge on any atom is -0.493 e. The first-order valence-corrected chi connectivity index (χ1v) is 12.8. The molecule has 0 radical (unpaired) electrons. The molecule has 168 valence electrons. The molecular weight excluding hydrogens is 422 g/mol. The third-order valence-corrected chi connectivity index (χ3v) is 6.88.